The van der Waals surface area contributed by atoms with E-state index in [0.29, 0.717) is 37.9 Å². The number of halogens is 2. The maximum Gasteiger partial charge on any atom is 0.262 e. The van der Waals surface area contributed by atoms with Crippen LogP contribution < -0.4 is 5.32 Å². The Hall–Kier alpha value is -1.61. The highest BCUT2D eigenvalue weighted by Crippen LogP contribution is 2.38. The van der Waals surface area contributed by atoms with E-state index in [1.807, 2.05) is 0 Å². The van der Waals surface area contributed by atoms with Crippen molar-refractivity contribution in [3.63, 3.8) is 0 Å². The van der Waals surface area contributed by atoms with Crippen LogP contribution in [0.4, 0.5) is 8.78 Å². The Morgan fingerprint density at radius 3 is 2.84 bits per heavy atom. The predicted molar refractivity (Wildman–Crippen MR) is 84.1 cm³/mol. The number of amides is 1. The van der Waals surface area contributed by atoms with Gasteiger partial charge in [-0.2, -0.15) is 4.98 Å². The van der Waals surface area contributed by atoms with Gasteiger partial charge in [0.25, 0.3) is 5.92 Å². The first-order valence-electron chi connectivity index (χ1n) is 8.95. The van der Waals surface area contributed by atoms with Crippen molar-refractivity contribution in [2.75, 3.05) is 32.7 Å². The Labute approximate surface area is 144 Å². The molecule has 1 amide bonds. The van der Waals surface area contributed by atoms with Crippen LogP contribution in [-0.4, -0.2) is 70.5 Å². The number of hydrogen-bond donors (Lipinski definition) is 1. The molecule has 25 heavy (non-hydrogen) atoms. The fraction of sp³-hybridized carbons (Fsp3) is 0.812. The van der Waals surface area contributed by atoms with Crippen LogP contribution in [-0.2, 0) is 11.3 Å². The van der Waals surface area contributed by atoms with E-state index in [-0.39, 0.29) is 5.91 Å². The van der Waals surface area contributed by atoms with Crippen LogP contribution in [0, 0.1) is 0 Å². The third kappa shape index (κ3) is 3.98. The first kappa shape index (κ1) is 16.8. The smallest absolute Gasteiger partial charge is 0.262 e. The molecule has 2 saturated heterocycles. The van der Waals surface area contributed by atoms with Crippen LogP contribution in [0.3, 0.4) is 0 Å². The highest BCUT2D eigenvalue weighted by molar-refractivity contribution is 5.82. The van der Waals surface area contributed by atoms with Gasteiger partial charge >= 0.3 is 0 Å². The predicted octanol–water partition coefficient (Wildman–Crippen LogP) is 0.978. The summed E-state index contributed by atoms with van der Waals surface area (Å²) in [6.45, 7) is 2.82. The molecule has 0 spiro atoms. The van der Waals surface area contributed by atoms with E-state index in [1.54, 1.807) is 4.90 Å². The average molecular weight is 355 g/mol. The molecule has 7 nitrogen and oxygen atoms in total. The molecular formula is C16H23F2N5O2. The van der Waals surface area contributed by atoms with Crippen molar-refractivity contribution in [2.45, 2.75) is 50.1 Å². The largest absolute Gasteiger partial charge is 0.340 e. The van der Waals surface area contributed by atoms with Crippen molar-refractivity contribution in [3.8, 4) is 0 Å². The van der Waals surface area contributed by atoms with E-state index in [4.69, 9.17) is 4.52 Å². The molecule has 1 aromatic rings. The summed E-state index contributed by atoms with van der Waals surface area (Å²) in [7, 11) is 0. The number of nitrogens with zero attached hydrogens (tertiary/aromatic N) is 4. The number of carbonyl (C=O) groups is 1. The summed E-state index contributed by atoms with van der Waals surface area (Å²) in [6.07, 6.45) is 2.65. The minimum absolute atomic E-state index is 0.213. The van der Waals surface area contributed by atoms with Gasteiger partial charge in [0.15, 0.2) is 5.82 Å². The second-order valence-electron chi connectivity index (χ2n) is 7.27. The zero-order valence-electron chi connectivity index (χ0n) is 14.1. The molecule has 0 aromatic carbocycles. The Bertz CT molecular complexity index is 634. The molecule has 4 rings (SSSR count). The number of alkyl halides is 2. The van der Waals surface area contributed by atoms with Crippen molar-refractivity contribution in [1.82, 2.24) is 25.3 Å². The van der Waals surface area contributed by atoms with Gasteiger partial charge in [-0.25, -0.2) is 8.78 Å². The summed E-state index contributed by atoms with van der Waals surface area (Å²) in [5.41, 5.74) is 0. The molecule has 3 fully saturated rings. The number of carbonyl (C=O) groups excluding carboxylic acids is 1. The lowest BCUT2D eigenvalue weighted by molar-refractivity contribution is -0.133. The molecule has 2 aliphatic heterocycles. The van der Waals surface area contributed by atoms with Gasteiger partial charge in [-0.1, -0.05) is 5.16 Å². The number of aromatic nitrogens is 2. The van der Waals surface area contributed by atoms with Gasteiger partial charge in [0.05, 0.1) is 19.1 Å². The van der Waals surface area contributed by atoms with E-state index in [1.165, 1.54) is 0 Å². The zero-order valence-corrected chi connectivity index (χ0v) is 14.1. The van der Waals surface area contributed by atoms with E-state index in [9.17, 15) is 13.6 Å². The van der Waals surface area contributed by atoms with Gasteiger partial charge in [0.1, 0.15) is 0 Å². The van der Waals surface area contributed by atoms with E-state index >= 15 is 0 Å². The number of nitrogens with one attached hydrogen (secondary N) is 1. The van der Waals surface area contributed by atoms with Crippen molar-refractivity contribution in [3.05, 3.63) is 11.7 Å². The molecule has 1 aliphatic carbocycles. The zero-order chi connectivity index (χ0) is 17.4. The third-order valence-electron chi connectivity index (χ3n) is 5.08. The molecule has 0 radical (unpaired) electrons. The Kier molecular flexibility index (Phi) is 4.45. The molecule has 1 atom stereocenters. The number of rotatable bonds is 4. The summed E-state index contributed by atoms with van der Waals surface area (Å²) < 4.78 is 31.9. The summed E-state index contributed by atoms with van der Waals surface area (Å²) in [4.78, 5) is 20.8. The van der Waals surface area contributed by atoms with Crippen LogP contribution in [0.2, 0.25) is 0 Å². The average Bonchev–Trinajstić information content (AvgIpc) is 3.28. The maximum atomic E-state index is 13.3. The Morgan fingerprint density at radius 1 is 1.28 bits per heavy atom. The van der Waals surface area contributed by atoms with Crippen LogP contribution in [0.5, 0.6) is 0 Å². The summed E-state index contributed by atoms with van der Waals surface area (Å²) in [5.74, 6) is -1.14. The molecule has 1 aromatic heterocycles. The molecular weight excluding hydrogens is 332 g/mol. The normalized spacial score (nSPS) is 27.4. The molecule has 3 heterocycles. The van der Waals surface area contributed by atoms with Crippen LogP contribution >= 0.6 is 0 Å². The highest BCUT2D eigenvalue weighted by atomic mass is 19.3. The lowest BCUT2D eigenvalue weighted by Crippen LogP contribution is -2.45. The van der Waals surface area contributed by atoms with Gasteiger partial charge in [-0.15, -0.1) is 0 Å². The molecule has 0 bridgehead atoms. The summed E-state index contributed by atoms with van der Waals surface area (Å²) in [6, 6.07) is -0.764. The lowest BCUT2D eigenvalue weighted by atomic mass is 10.1. The minimum atomic E-state index is -2.78. The Morgan fingerprint density at radius 2 is 2.12 bits per heavy atom. The quantitative estimate of drug-likeness (QED) is 0.868. The fourth-order valence-electron chi connectivity index (χ4n) is 3.49. The van der Waals surface area contributed by atoms with Gasteiger partial charge in [-0.3, -0.25) is 15.0 Å². The van der Waals surface area contributed by atoms with E-state index in [0.717, 1.165) is 31.7 Å². The van der Waals surface area contributed by atoms with Gasteiger partial charge in [0.2, 0.25) is 11.8 Å². The Balaban J connectivity index is 1.30. The first-order valence-corrected chi connectivity index (χ1v) is 8.95. The van der Waals surface area contributed by atoms with E-state index < -0.39 is 24.9 Å². The summed E-state index contributed by atoms with van der Waals surface area (Å²) in [5, 5.41) is 6.68. The third-order valence-corrected chi connectivity index (χ3v) is 5.08. The minimum Gasteiger partial charge on any atom is -0.340 e. The maximum absolute atomic E-state index is 13.3. The molecule has 138 valence electrons. The second kappa shape index (κ2) is 6.60. The first-order chi connectivity index (χ1) is 12.0. The van der Waals surface area contributed by atoms with Gasteiger partial charge < -0.3 is 9.42 Å². The molecule has 3 aliphatic rings. The monoisotopic (exact) mass is 355 g/mol. The van der Waals surface area contributed by atoms with Crippen molar-refractivity contribution >= 4 is 5.91 Å². The topological polar surface area (TPSA) is 74.5 Å². The van der Waals surface area contributed by atoms with Gasteiger partial charge in [0, 0.05) is 38.5 Å². The van der Waals surface area contributed by atoms with Crippen LogP contribution in [0.15, 0.2) is 4.52 Å². The fourth-order valence-corrected chi connectivity index (χ4v) is 3.49. The lowest BCUT2D eigenvalue weighted by Gasteiger charge is -2.24. The standard InChI is InChI=1S/C16H23F2N5O2/c17-16(18)8-12(19-10-16)15(24)23-5-1-4-22(6-7-23)9-13-20-14(25-21-13)11-2-3-11/h11-12,19H,1-10H2. The molecule has 1 unspecified atom stereocenters. The highest BCUT2D eigenvalue weighted by Gasteiger charge is 2.43. The molecule has 9 heteroatoms. The van der Waals surface area contributed by atoms with E-state index in [2.05, 4.69) is 20.4 Å². The van der Waals surface area contributed by atoms with Gasteiger partial charge in [-0.05, 0) is 19.3 Å². The SMILES string of the molecule is O=C(C1CC(F)(F)CN1)N1CCCN(Cc2noc(C3CC3)n2)CC1. The summed E-state index contributed by atoms with van der Waals surface area (Å²) >= 11 is 0. The van der Waals surface area contributed by atoms with Crippen LogP contribution in [0.25, 0.3) is 0 Å². The van der Waals surface area contributed by atoms with Crippen LogP contribution in [0.1, 0.15) is 43.3 Å². The van der Waals surface area contributed by atoms with Crippen molar-refractivity contribution in [1.29, 1.82) is 0 Å². The second-order valence-corrected chi connectivity index (χ2v) is 7.27. The molecule has 1 saturated carbocycles. The number of hydrogen-bond acceptors (Lipinski definition) is 6. The van der Waals surface area contributed by atoms with Crippen molar-refractivity contribution < 1.29 is 18.1 Å². The molecule has 1 N–H and O–H groups in total. The van der Waals surface area contributed by atoms with Crippen molar-refractivity contribution in [2.24, 2.45) is 0 Å².